The maximum Gasteiger partial charge on any atom is 0.00962 e. The van der Waals surface area contributed by atoms with Crippen LogP contribution in [0.15, 0.2) is 0 Å². The Labute approximate surface area is 95.2 Å². The van der Waals surface area contributed by atoms with Gasteiger partial charge >= 0.3 is 0 Å². The molecule has 0 aromatic heterocycles. The molecule has 1 fully saturated rings. The molecule has 0 aromatic carbocycles. The number of nitrogens with zero attached hydrogens (tertiary/aromatic N) is 1. The molecule has 0 aliphatic heterocycles. The van der Waals surface area contributed by atoms with Gasteiger partial charge in [0, 0.05) is 18.1 Å². The Bertz CT molecular complexity index is 162. The third-order valence-corrected chi connectivity index (χ3v) is 3.99. The fraction of sp³-hybridized carbons (Fsp3) is 1.00. The van der Waals surface area contributed by atoms with Crippen LogP contribution in [0.5, 0.6) is 0 Å². The van der Waals surface area contributed by atoms with E-state index in [2.05, 4.69) is 25.8 Å². The highest BCUT2D eigenvalue weighted by Crippen LogP contribution is 2.24. The van der Waals surface area contributed by atoms with Crippen molar-refractivity contribution in [2.75, 3.05) is 7.05 Å². The van der Waals surface area contributed by atoms with Crippen LogP contribution in [0.4, 0.5) is 0 Å². The van der Waals surface area contributed by atoms with Gasteiger partial charge in [-0.05, 0) is 45.6 Å². The molecule has 0 radical (unpaired) electrons. The highest BCUT2D eigenvalue weighted by atomic mass is 15.2. The largest absolute Gasteiger partial charge is 0.328 e. The van der Waals surface area contributed by atoms with Crippen LogP contribution in [0.2, 0.25) is 0 Å². The fourth-order valence-corrected chi connectivity index (χ4v) is 2.84. The van der Waals surface area contributed by atoms with E-state index < -0.39 is 0 Å². The lowest BCUT2D eigenvalue weighted by Crippen LogP contribution is -2.43. The molecule has 1 atom stereocenters. The third-order valence-electron chi connectivity index (χ3n) is 3.99. The summed E-state index contributed by atoms with van der Waals surface area (Å²) < 4.78 is 0. The van der Waals surface area contributed by atoms with Crippen LogP contribution >= 0.6 is 0 Å². The normalized spacial score (nSPS) is 29.4. The van der Waals surface area contributed by atoms with E-state index >= 15 is 0 Å². The summed E-state index contributed by atoms with van der Waals surface area (Å²) in [7, 11) is 2.31. The molecule has 15 heavy (non-hydrogen) atoms. The monoisotopic (exact) mass is 212 g/mol. The molecule has 1 rings (SSSR count). The van der Waals surface area contributed by atoms with E-state index in [1.165, 1.54) is 44.9 Å². The van der Waals surface area contributed by atoms with Crippen LogP contribution in [0.1, 0.15) is 58.8 Å². The molecule has 2 heteroatoms. The zero-order chi connectivity index (χ0) is 11.3. The molecule has 0 spiro atoms. The van der Waals surface area contributed by atoms with Gasteiger partial charge in [0.2, 0.25) is 0 Å². The van der Waals surface area contributed by atoms with Crippen molar-refractivity contribution in [3.63, 3.8) is 0 Å². The zero-order valence-electron chi connectivity index (χ0n) is 10.7. The third kappa shape index (κ3) is 3.76. The molecule has 1 unspecified atom stereocenters. The number of nitrogens with two attached hydrogens (primary N) is 1. The van der Waals surface area contributed by atoms with Gasteiger partial charge in [0.1, 0.15) is 0 Å². The van der Waals surface area contributed by atoms with Crippen molar-refractivity contribution in [2.24, 2.45) is 5.73 Å². The predicted molar refractivity (Wildman–Crippen MR) is 67.0 cm³/mol. The van der Waals surface area contributed by atoms with Gasteiger partial charge in [-0.2, -0.15) is 0 Å². The number of hydrogen-bond donors (Lipinski definition) is 1. The molecule has 0 saturated heterocycles. The van der Waals surface area contributed by atoms with Crippen molar-refractivity contribution < 1.29 is 0 Å². The van der Waals surface area contributed by atoms with Crippen LogP contribution in [0.3, 0.4) is 0 Å². The molecule has 1 aliphatic carbocycles. The minimum Gasteiger partial charge on any atom is -0.328 e. The first-order valence-electron chi connectivity index (χ1n) is 6.66. The van der Waals surface area contributed by atoms with Crippen molar-refractivity contribution in [3.8, 4) is 0 Å². The van der Waals surface area contributed by atoms with Gasteiger partial charge in [0.05, 0.1) is 0 Å². The van der Waals surface area contributed by atoms with E-state index in [0.29, 0.717) is 6.04 Å². The molecule has 90 valence electrons. The highest BCUT2D eigenvalue weighted by Gasteiger charge is 2.25. The molecular formula is C13H28N2. The van der Waals surface area contributed by atoms with Crippen molar-refractivity contribution in [1.82, 2.24) is 4.90 Å². The number of rotatable bonds is 5. The van der Waals surface area contributed by atoms with Gasteiger partial charge in [-0.15, -0.1) is 0 Å². The Kier molecular flexibility index (Phi) is 5.62. The van der Waals surface area contributed by atoms with Crippen molar-refractivity contribution in [2.45, 2.75) is 76.9 Å². The Morgan fingerprint density at radius 2 is 1.80 bits per heavy atom. The molecule has 0 amide bonds. The van der Waals surface area contributed by atoms with E-state index in [9.17, 15) is 0 Å². The Morgan fingerprint density at radius 1 is 1.20 bits per heavy atom. The Balaban J connectivity index is 2.40. The van der Waals surface area contributed by atoms with E-state index in [4.69, 9.17) is 5.73 Å². The summed E-state index contributed by atoms with van der Waals surface area (Å²) in [6.45, 7) is 4.60. The number of hydrogen-bond acceptors (Lipinski definition) is 2. The smallest absolute Gasteiger partial charge is 0.00962 e. The standard InChI is InChI=1S/C13H28N2/c1-4-6-12(5-2)15(3)13-9-7-11(14)8-10-13/h11-13H,4-10,14H2,1-3H3. The molecular weight excluding hydrogens is 184 g/mol. The molecule has 0 bridgehead atoms. The first-order valence-corrected chi connectivity index (χ1v) is 6.66. The summed E-state index contributed by atoms with van der Waals surface area (Å²) in [5.41, 5.74) is 5.95. The zero-order valence-corrected chi connectivity index (χ0v) is 10.7. The van der Waals surface area contributed by atoms with Gasteiger partial charge in [0.25, 0.3) is 0 Å². The summed E-state index contributed by atoms with van der Waals surface area (Å²) >= 11 is 0. The molecule has 1 aliphatic rings. The van der Waals surface area contributed by atoms with Crippen molar-refractivity contribution in [3.05, 3.63) is 0 Å². The predicted octanol–water partition coefficient (Wildman–Crippen LogP) is 2.77. The molecule has 2 nitrogen and oxygen atoms in total. The maximum atomic E-state index is 5.95. The lowest BCUT2D eigenvalue weighted by atomic mass is 9.89. The Morgan fingerprint density at radius 3 is 2.27 bits per heavy atom. The van der Waals surface area contributed by atoms with Crippen LogP contribution in [-0.2, 0) is 0 Å². The second-order valence-corrected chi connectivity index (χ2v) is 5.08. The van der Waals surface area contributed by atoms with Gasteiger partial charge in [-0.1, -0.05) is 20.3 Å². The van der Waals surface area contributed by atoms with Crippen LogP contribution in [-0.4, -0.2) is 30.1 Å². The van der Waals surface area contributed by atoms with E-state index in [1.54, 1.807) is 0 Å². The van der Waals surface area contributed by atoms with Crippen LogP contribution < -0.4 is 5.73 Å². The van der Waals surface area contributed by atoms with Crippen LogP contribution in [0.25, 0.3) is 0 Å². The maximum absolute atomic E-state index is 5.95. The molecule has 0 heterocycles. The lowest BCUT2D eigenvalue weighted by Gasteiger charge is -2.38. The summed E-state index contributed by atoms with van der Waals surface area (Å²) in [6, 6.07) is 2.05. The SMILES string of the molecule is CCCC(CC)N(C)C1CCC(N)CC1. The summed E-state index contributed by atoms with van der Waals surface area (Å²) in [4.78, 5) is 2.62. The average molecular weight is 212 g/mol. The summed E-state index contributed by atoms with van der Waals surface area (Å²) in [5.74, 6) is 0. The summed E-state index contributed by atoms with van der Waals surface area (Å²) in [5, 5.41) is 0. The van der Waals surface area contributed by atoms with Gasteiger partial charge in [-0.25, -0.2) is 0 Å². The topological polar surface area (TPSA) is 29.3 Å². The van der Waals surface area contributed by atoms with Gasteiger partial charge in [-0.3, -0.25) is 0 Å². The minimum atomic E-state index is 0.473. The van der Waals surface area contributed by atoms with Gasteiger partial charge < -0.3 is 10.6 Å². The van der Waals surface area contributed by atoms with E-state index in [0.717, 1.165) is 12.1 Å². The van der Waals surface area contributed by atoms with E-state index in [-0.39, 0.29) is 0 Å². The molecule has 1 saturated carbocycles. The molecule has 0 aromatic rings. The second-order valence-electron chi connectivity index (χ2n) is 5.08. The summed E-state index contributed by atoms with van der Waals surface area (Å²) in [6.07, 6.45) is 8.97. The Hall–Kier alpha value is -0.0800. The van der Waals surface area contributed by atoms with Crippen molar-refractivity contribution >= 4 is 0 Å². The molecule has 2 N–H and O–H groups in total. The van der Waals surface area contributed by atoms with Crippen LogP contribution in [0, 0.1) is 0 Å². The first-order chi connectivity index (χ1) is 7.19. The van der Waals surface area contributed by atoms with Crippen molar-refractivity contribution in [1.29, 1.82) is 0 Å². The quantitative estimate of drug-likeness (QED) is 0.759. The minimum absolute atomic E-state index is 0.473. The van der Waals surface area contributed by atoms with E-state index in [1.807, 2.05) is 0 Å². The highest BCUT2D eigenvalue weighted by molar-refractivity contribution is 4.82. The average Bonchev–Trinajstić information content (AvgIpc) is 2.26. The fourth-order valence-electron chi connectivity index (χ4n) is 2.84. The lowest BCUT2D eigenvalue weighted by molar-refractivity contribution is 0.122. The second kappa shape index (κ2) is 6.49. The van der Waals surface area contributed by atoms with Gasteiger partial charge in [0.15, 0.2) is 0 Å². The first kappa shape index (κ1) is 13.0.